The predicted octanol–water partition coefficient (Wildman–Crippen LogP) is 3.64. The fraction of sp³-hybridized carbons (Fsp3) is 0.263. The monoisotopic (exact) mass is 378 g/mol. The molecule has 3 N–H and O–H groups in total. The van der Waals surface area contributed by atoms with Gasteiger partial charge in [-0.2, -0.15) is 13.2 Å². The van der Waals surface area contributed by atoms with Gasteiger partial charge in [-0.3, -0.25) is 9.79 Å². The van der Waals surface area contributed by atoms with Crippen molar-refractivity contribution in [2.45, 2.75) is 20.1 Å². The van der Waals surface area contributed by atoms with E-state index >= 15 is 0 Å². The summed E-state index contributed by atoms with van der Waals surface area (Å²) in [5, 5.41) is 8.93. The minimum Gasteiger partial charge on any atom is -0.354 e. The molecule has 1 aliphatic rings. The van der Waals surface area contributed by atoms with Gasteiger partial charge < -0.3 is 16.0 Å². The van der Waals surface area contributed by atoms with Crippen molar-refractivity contribution in [1.82, 2.24) is 10.6 Å². The van der Waals surface area contributed by atoms with Crippen LogP contribution in [0.5, 0.6) is 0 Å². The summed E-state index contributed by atoms with van der Waals surface area (Å²) in [5.74, 6) is 0.304. The minimum absolute atomic E-state index is 0. The van der Waals surface area contributed by atoms with Gasteiger partial charge in [-0.1, -0.05) is 19.6 Å². The number of nitrogens with zero attached hydrogens (tertiary/aromatic N) is 1. The molecule has 0 aliphatic carbocycles. The zero-order chi connectivity index (χ0) is 18.6. The van der Waals surface area contributed by atoms with E-state index in [1.807, 2.05) is 24.3 Å². The Kier molecular flexibility index (Phi) is 6.44. The van der Waals surface area contributed by atoms with E-state index in [2.05, 4.69) is 20.9 Å². The maximum atomic E-state index is 12.5. The van der Waals surface area contributed by atoms with Crippen LogP contribution in [0.2, 0.25) is 0 Å². The maximum absolute atomic E-state index is 12.5. The molecule has 0 fully saturated rings. The number of guanidine groups is 1. The molecule has 0 bridgehead atoms. The Balaban J connectivity index is 0.00000261. The Morgan fingerprint density at radius 1 is 1.07 bits per heavy atom. The van der Waals surface area contributed by atoms with Crippen LogP contribution in [0, 0.1) is 0 Å². The van der Waals surface area contributed by atoms with Gasteiger partial charge in [0, 0.05) is 24.3 Å². The van der Waals surface area contributed by atoms with Crippen LogP contribution < -0.4 is 16.0 Å². The first-order chi connectivity index (χ1) is 12.4. The van der Waals surface area contributed by atoms with E-state index in [1.165, 1.54) is 12.1 Å². The predicted molar refractivity (Wildman–Crippen MR) is 99.7 cm³/mol. The lowest BCUT2D eigenvalue weighted by molar-refractivity contribution is -0.137. The van der Waals surface area contributed by atoms with Crippen molar-refractivity contribution in [3.05, 3.63) is 65.2 Å². The summed E-state index contributed by atoms with van der Waals surface area (Å²) >= 11 is 0. The summed E-state index contributed by atoms with van der Waals surface area (Å²) in [6.45, 7) is 1.84. The van der Waals surface area contributed by atoms with E-state index in [9.17, 15) is 18.0 Å². The molecule has 0 saturated heterocycles. The standard InChI is InChI=1S/C18H17F3N4O.CH4/c19-18(20,21)14-5-3-13(4-6-14)16(26)24-11-12-1-7-15(8-2-12)25-17-22-9-10-23-17;/h1-8H,9-11H2,(H,24,26)(H2,22,23,25);1H4. The van der Waals surface area contributed by atoms with E-state index in [4.69, 9.17) is 0 Å². The van der Waals surface area contributed by atoms with Crippen molar-refractivity contribution >= 4 is 17.6 Å². The number of carbonyl (C=O) groups is 1. The number of halogens is 3. The van der Waals surface area contributed by atoms with Crippen LogP contribution in [0.25, 0.3) is 0 Å². The van der Waals surface area contributed by atoms with Gasteiger partial charge >= 0.3 is 6.18 Å². The molecule has 3 rings (SSSR count). The van der Waals surface area contributed by atoms with Crippen LogP contribution in [0.3, 0.4) is 0 Å². The van der Waals surface area contributed by atoms with Gasteiger partial charge in [-0.25, -0.2) is 0 Å². The van der Waals surface area contributed by atoms with Crippen LogP contribution in [0.15, 0.2) is 53.5 Å². The third-order valence-electron chi connectivity index (χ3n) is 3.82. The molecule has 0 atom stereocenters. The summed E-state index contributed by atoms with van der Waals surface area (Å²) in [5.41, 5.74) is 1.15. The first-order valence-corrected chi connectivity index (χ1v) is 8.01. The minimum atomic E-state index is -4.41. The molecule has 5 nitrogen and oxygen atoms in total. The Morgan fingerprint density at radius 3 is 2.30 bits per heavy atom. The van der Waals surface area contributed by atoms with Crippen molar-refractivity contribution < 1.29 is 18.0 Å². The van der Waals surface area contributed by atoms with Crippen LogP contribution in [0.1, 0.15) is 28.9 Å². The second-order valence-corrected chi connectivity index (χ2v) is 5.74. The summed E-state index contributed by atoms with van der Waals surface area (Å²) in [6, 6.07) is 11.6. The lowest BCUT2D eigenvalue weighted by atomic mass is 10.1. The van der Waals surface area contributed by atoms with E-state index < -0.39 is 17.6 Å². The molecule has 0 saturated carbocycles. The number of aliphatic imine (C=N–C) groups is 1. The molecular weight excluding hydrogens is 357 g/mol. The molecule has 8 heteroatoms. The summed E-state index contributed by atoms with van der Waals surface area (Å²) in [6.07, 6.45) is -4.41. The SMILES string of the molecule is C.O=C(NCc1ccc(NC2=NCCN2)cc1)c1ccc(C(F)(F)F)cc1. The van der Waals surface area contributed by atoms with Gasteiger partial charge in [0.2, 0.25) is 0 Å². The highest BCUT2D eigenvalue weighted by atomic mass is 19.4. The van der Waals surface area contributed by atoms with Crippen LogP contribution >= 0.6 is 0 Å². The lowest BCUT2D eigenvalue weighted by Gasteiger charge is -2.10. The second-order valence-electron chi connectivity index (χ2n) is 5.74. The number of nitrogens with one attached hydrogen (secondary N) is 3. The molecule has 0 radical (unpaired) electrons. The Bertz CT molecular complexity index is 799. The topological polar surface area (TPSA) is 65.5 Å². The Hall–Kier alpha value is -3.03. The van der Waals surface area contributed by atoms with Crippen LogP contribution in [-0.4, -0.2) is 25.0 Å². The quantitative estimate of drug-likeness (QED) is 0.761. The van der Waals surface area contributed by atoms with Gasteiger partial charge in [-0.15, -0.1) is 0 Å². The highest BCUT2D eigenvalue weighted by Gasteiger charge is 2.30. The maximum Gasteiger partial charge on any atom is 0.416 e. The van der Waals surface area contributed by atoms with Crippen LogP contribution in [0.4, 0.5) is 18.9 Å². The van der Waals surface area contributed by atoms with Gasteiger partial charge in [0.25, 0.3) is 5.91 Å². The number of anilines is 1. The molecule has 1 amide bonds. The molecule has 144 valence electrons. The van der Waals surface area contributed by atoms with Crippen molar-refractivity contribution in [3.63, 3.8) is 0 Å². The number of alkyl halides is 3. The largest absolute Gasteiger partial charge is 0.416 e. The number of hydrogen-bond acceptors (Lipinski definition) is 4. The van der Waals surface area contributed by atoms with E-state index in [0.717, 1.165) is 42.4 Å². The summed E-state index contributed by atoms with van der Waals surface area (Å²) in [7, 11) is 0. The van der Waals surface area contributed by atoms with Crippen molar-refractivity contribution in [3.8, 4) is 0 Å². The molecule has 0 aromatic heterocycles. The molecule has 0 spiro atoms. The smallest absolute Gasteiger partial charge is 0.354 e. The summed E-state index contributed by atoms with van der Waals surface area (Å²) < 4.78 is 37.6. The lowest BCUT2D eigenvalue weighted by Crippen LogP contribution is -2.26. The zero-order valence-corrected chi connectivity index (χ0v) is 13.7. The second kappa shape index (κ2) is 8.57. The molecule has 2 aromatic rings. The molecule has 1 heterocycles. The molecule has 27 heavy (non-hydrogen) atoms. The zero-order valence-electron chi connectivity index (χ0n) is 13.7. The van der Waals surface area contributed by atoms with E-state index in [-0.39, 0.29) is 19.5 Å². The van der Waals surface area contributed by atoms with Crippen molar-refractivity contribution in [2.75, 3.05) is 18.4 Å². The summed E-state index contributed by atoms with van der Waals surface area (Å²) in [4.78, 5) is 16.3. The average molecular weight is 378 g/mol. The van der Waals surface area contributed by atoms with Gasteiger partial charge in [0.1, 0.15) is 0 Å². The highest BCUT2D eigenvalue weighted by Crippen LogP contribution is 2.29. The van der Waals surface area contributed by atoms with Crippen molar-refractivity contribution in [2.24, 2.45) is 4.99 Å². The molecule has 0 unspecified atom stereocenters. The normalized spacial score (nSPS) is 13.2. The van der Waals surface area contributed by atoms with Gasteiger partial charge in [0.15, 0.2) is 5.96 Å². The Labute approximate surface area is 155 Å². The van der Waals surface area contributed by atoms with E-state index in [1.54, 1.807) is 0 Å². The number of amides is 1. The van der Waals surface area contributed by atoms with Crippen molar-refractivity contribution in [1.29, 1.82) is 0 Å². The first kappa shape index (κ1) is 20.3. The molecule has 2 aromatic carbocycles. The van der Waals surface area contributed by atoms with Crippen LogP contribution in [-0.2, 0) is 12.7 Å². The third kappa shape index (κ3) is 5.47. The third-order valence-corrected chi connectivity index (χ3v) is 3.82. The number of carbonyl (C=O) groups excluding carboxylic acids is 1. The Morgan fingerprint density at radius 2 is 1.74 bits per heavy atom. The highest BCUT2D eigenvalue weighted by molar-refractivity contribution is 5.95. The fourth-order valence-electron chi connectivity index (χ4n) is 2.42. The number of hydrogen-bond donors (Lipinski definition) is 3. The average Bonchev–Trinajstić information content (AvgIpc) is 3.13. The van der Waals surface area contributed by atoms with Gasteiger partial charge in [0.05, 0.1) is 12.1 Å². The first-order valence-electron chi connectivity index (χ1n) is 8.01. The number of benzene rings is 2. The van der Waals surface area contributed by atoms with Gasteiger partial charge in [-0.05, 0) is 42.0 Å². The number of rotatable bonds is 4. The molecular formula is C19H21F3N4O. The van der Waals surface area contributed by atoms with E-state index in [0.29, 0.717) is 0 Å². The molecule has 1 aliphatic heterocycles. The fourth-order valence-corrected chi connectivity index (χ4v) is 2.42.